The van der Waals surface area contributed by atoms with Gasteiger partial charge >= 0.3 is 0 Å². The fourth-order valence-corrected chi connectivity index (χ4v) is 4.32. The third-order valence-electron chi connectivity index (χ3n) is 4.56. The van der Waals surface area contributed by atoms with E-state index in [1.807, 2.05) is 16.7 Å². The van der Waals surface area contributed by atoms with Crippen molar-refractivity contribution < 1.29 is 4.79 Å². The number of aromatic nitrogens is 4. The first kappa shape index (κ1) is 16.1. The summed E-state index contributed by atoms with van der Waals surface area (Å²) in [5, 5.41) is 11.9. The number of carbonyl (C=O) groups is 1. The summed E-state index contributed by atoms with van der Waals surface area (Å²) in [5.74, 6) is 0.0600. The van der Waals surface area contributed by atoms with Crippen LogP contribution in [0.25, 0.3) is 5.65 Å². The Kier molecular flexibility index (Phi) is 4.40. The fourth-order valence-electron chi connectivity index (χ4n) is 3.10. The van der Waals surface area contributed by atoms with E-state index in [9.17, 15) is 4.79 Å². The molecule has 1 saturated heterocycles. The minimum Gasteiger partial charge on any atom is -0.339 e. The number of thioether (sulfide) groups is 1. The Labute approximate surface area is 150 Å². The third kappa shape index (κ3) is 3.37. The van der Waals surface area contributed by atoms with Gasteiger partial charge in [0.2, 0.25) is 0 Å². The molecule has 6 nitrogen and oxygen atoms in total. The molecule has 3 aromatic rings. The van der Waals surface area contributed by atoms with Crippen LogP contribution in [0.2, 0.25) is 0 Å². The van der Waals surface area contributed by atoms with Gasteiger partial charge in [0.05, 0.1) is 0 Å². The molecule has 0 unspecified atom stereocenters. The van der Waals surface area contributed by atoms with Crippen molar-refractivity contribution in [1.29, 1.82) is 0 Å². The second-order valence-corrected chi connectivity index (χ2v) is 7.61. The fraction of sp³-hybridized carbons (Fsp3) is 0.333. The number of hydrogen-bond donors (Lipinski definition) is 0. The van der Waals surface area contributed by atoms with E-state index < -0.39 is 0 Å². The molecule has 1 aliphatic rings. The van der Waals surface area contributed by atoms with E-state index in [1.54, 1.807) is 22.8 Å². The standard InChI is InChI=1S/C18H19N5OS/c1-13-4-2-3-5-16(13)25-15-7-9-22(10-8-15)18(24)14-6-11-23-17(12-14)19-20-21-23/h2-6,11-12,15H,7-10H2,1H3. The van der Waals surface area contributed by atoms with Gasteiger partial charge in [0.1, 0.15) is 0 Å². The van der Waals surface area contributed by atoms with E-state index in [-0.39, 0.29) is 5.91 Å². The Hall–Kier alpha value is -2.41. The van der Waals surface area contributed by atoms with E-state index in [4.69, 9.17) is 0 Å². The maximum Gasteiger partial charge on any atom is 0.254 e. The number of pyridine rings is 1. The molecule has 0 radical (unpaired) electrons. The van der Waals surface area contributed by atoms with Crippen LogP contribution in [-0.4, -0.2) is 49.2 Å². The number of piperidine rings is 1. The number of nitrogens with zero attached hydrogens (tertiary/aromatic N) is 5. The molecule has 0 N–H and O–H groups in total. The first-order chi connectivity index (χ1) is 12.2. The molecule has 0 atom stereocenters. The first-order valence-corrected chi connectivity index (χ1v) is 9.28. The van der Waals surface area contributed by atoms with Crippen molar-refractivity contribution in [3.8, 4) is 0 Å². The normalized spacial score (nSPS) is 15.6. The smallest absolute Gasteiger partial charge is 0.254 e. The predicted octanol–water partition coefficient (Wildman–Crippen LogP) is 2.83. The molecule has 0 bridgehead atoms. The zero-order valence-corrected chi connectivity index (χ0v) is 14.8. The third-order valence-corrected chi connectivity index (χ3v) is 6.08. The molecule has 1 aromatic carbocycles. The number of likely N-dealkylation sites (tertiary alicyclic amines) is 1. The van der Waals surface area contributed by atoms with Gasteiger partial charge in [-0.1, -0.05) is 18.2 Å². The highest BCUT2D eigenvalue weighted by Crippen LogP contribution is 2.32. The number of hydrogen-bond acceptors (Lipinski definition) is 5. The second kappa shape index (κ2) is 6.84. The van der Waals surface area contributed by atoms with E-state index in [1.165, 1.54) is 10.5 Å². The van der Waals surface area contributed by atoms with E-state index in [2.05, 4.69) is 46.7 Å². The lowest BCUT2D eigenvalue weighted by Gasteiger charge is -2.32. The minimum absolute atomic E-state index is 0.0600. The lowest BCUT2D eigenvalue weighted by Crippen LogP contribution is -2.39. The summed E-state index contributed by atoms with van der Waals surface area (Å²) in [5.41, 5.74) is 2.56. The number of rotatable bonds is 3. The van der Waals surface area contributed by atoms with Crippen LogP contribution in [0.3, 0.4) is 0 Å². The lowest BCUT2D eigenvalue weighted by atomic mass is 10.1. The average Bonchev–Trinajstić information content (AvgIpc) is 3.11. The molecule has 0 spiro atoms. The number of tetrazole rings is 1. The van der Waals surface area contributed by atoms with E-state index in [0.29, 0.717) is 16.5 Å². The monoisotopic (exact) mass is 353 g/mol. The number of aryl methyl sites for hydroxylation is 1. The van der Waals surface area contributed by atoms with Crippen molar-refractivity contribution in [1.82, 2.24) is 24.9 Å². The van der Waals surface area contributed by atoms with Gasteiger partial charge < -0.3 is 4.90 Å². The zero-order valence-electron chi connectivity index (χ0n) is 14.0. The van der Waals surface area contributed by atoms with Crippen LogP contribution in [0.1, 0.15) is 28.8 Å². The highest BCUT2D eigenvalue weighted by Gasteiger charge is 2.24. The summed E-state index contributed by atoms with van der Waals surface area (Å²) in [4.78, 5) is 16.0. The molecule has 7 heteroatoms. The molecule has 2 aromatic heterocycles. The number of amides is 1. The summed E-state index contributed by atoms with van der Waals surface area (Å²) in [7, 11) is 0. The van der Waals surface area contributed by atoms with Crippen molar-refractivity contribution in [2.24, 2.45) is 0 Å². The zero-order chi connectivity index (χ0) is 17.2. The Bertz CT molecular complexity index is 901. The first-order valence-electron chi connectivity index (χ1n) is 8.40. The lowest BCUT2D eigenvalue weighted by molar-refractivity contribution is 0.0727. The average molecular weight is 353 g/mol. The quantitative estimate of drug-likeness (QED) is 0.724. The minimum atomic E-state index is 0.0600. The number of carbonyl (C=O) groups excluding carboxylic acids is 1. The molecule has 1 aliphatic heterocycles. The van der Waals surface area contributed by atoms with Crippen LogP contribution < -0.4 is 0 Å². The SMILES string of the molecule is Cc1ccccc1SC1CCN(C(=O)c2ccn3nnnc3c2)CC1. The van der Waals surface area contributed by atoms with Gasteiger partial charge in [0, 0.05) is 35.0 Å². The Balaban J connectivity index is 1.39. The molecule has 4 rings (SSSR count). The molecule has 25 heavy (non-hydrogen) atoms. The van der Waals surface area contributed by atoms with Crippen molar-refractivity contribution in [3.05, 3.63) is 53.7 Å². The largest absolute Gasteiger partial charge is 0.339 e. The maximum atomic E-state index is 12.7. The van der Waals surface area contributed by atoms with Crippen molar-refractivity contribution in [2.45, 2.75) is 29.9 Å². The van der Waals surface area contributed by atoms with Gasteiger partial charge in [-0.2, -0.15) is 0 Å². The molecule has 128 valence electrons. The van der Waals surface area contributed by atoms with Crippen LogP contribution >= 0.6 is 11.8 Å². The summed E-state index contributed by atoms with van der Waals surface area (Å²) < 4.78 is 1.56. The van der Waals surface area contributed by atoms with Gasteiger partial charge in [-0.25, -0.2) is 4.52 Å². The Morgan fingerprint density at radius 1 is 1.20 bits per heavy atom. The van der Waals surface area contributed by atoms with Crippen LogP contribution in [0.4, 0.5) is 0 Å². The van der Waals surface area contributed by atoms with Crippen molar-refractivity contribution >= 4 is 23.3 Å². The van der Waals surface area contributed by atoms with E-state index in [0.717, 1.165) is 25.9 Å². The molecule has 0 saturated carbocycles. The van der Waals surface area contributed by atoms with Gasteiger partial charge in [-0.15, -0.1) is 16.9 Å². The van der Waals surface area contributed by atoms with Gasteiger partial charge in [0.25, 0.3) is 5.91 Å². The Morgan fingerprint density at radius 2 is 2.00 bits per heavy atom. The summed E-state index contributed by atoms with van der Waals surface area (Å²) in [6, 6.07) is 12.0. The van der Waals surface area contributed by atoms with Crippen molar-refractivity contribution in [3.63, 3.8) is 0 Å². The molecular formula is C18H19N5OS. The Morgan fingerprint density at radius 3 is 2.80 bits per heavy atom. The van der Waals surface area contributed by atoms with Crippen LogP contribution in [0, 0.1) is 6.92 Å². The molecule has 3 heterocycles. The van der Waals surface area contributed by atoms with Crippen LogP contribution in [0.15, 0.2) is 47.5 Å². The maximum absolute atomic E-state index is 12.7. The van der Waals surface area contributed by atoms with E-state index >= 15 is 0 Å². The number of fused-ring (bicyclic) bond motifs is 1. The molecule has 1 amide bonds. The second-order valence-electron chi connectivity index (χ2n) is 6.27. The molecular weight excluding hydrogens is 334 g/mol. The molecule has 0 aliphatic carbocycles. The summed E-state index contributed by atoms with van der Waals surface area (Å²) >= 11 is 1.94. The van der Waals surface area contributed by atoms with Gasteiger partial charge in [-0.05, 0) is 54.0 Å². The highest BCUT2D eigenvalue weighted by atomic mass is 32.2. The highest BCUT2D eigenvalue weighted by molar-refractivity contribution is 8.00. The summed E-state index contributed by atoms with van der Waals surface area (Å²) in [6.45, 7) is 3.73. The molecule has 1 fully saturated rings. The van der Waals surface area contributed by atoms with Gasteiger partial charge in [-0.3, -0.25) is 4.79 Å². The predicted molar refractivity (Wildman–Crippen MR) is 96.7 cm³/mol. The summed E-state index contributed by atoms with van der Waals surface area (Å²) in [6.07, 6.45) is 3.75. The number of benzene rings is 1. The topological polar surface area (TPSA) is 63.4 Å². The van der Waals surface area contributed by atoms with Crippen molar-refractivity contribution in [2.75, 3.05) is 13.1 Å². The van der Waals surface area contributed by atoms with Gasteiger partial charge in [0.15, 0.2) is 5.65 Å². The van der Waals surface area contributed by atoms with Crippen LogP contribution in [-0.2, 0) is 0 Å². The van der Waals surface area contributed by atoms with Crippen LogP contribution in [0.5, 0.6) is 0 Å².